The van der Waals surface area contributed by atoms with Gasteiger partial charge in [-0.15, -0.1) is 0 Å². The fraction of sp³-hybridized carbons (Fsp3) is 0.0833. The molecule has 2 heterocycles. The number of carbonyl (C=O) groups excluding carboxylic acids is 1. The number of rotatable bonds is 4. The van der Waals surface area contributed by atoms with Gasteiger partial charge in [-0.25, -0.2) is 14.6 Å². The average molecular weight is 261 g/mol. The molecule has 0 aliphatic rings. The van der Waals surface area contributed by atoms with Gasteiger partial charge in [0.1, 0.15) is 6.61 Å². The molecule has 0 radical (unpaired) electrons. The van der Waals surface area contributed by atoms with Gasteiger partial charge in [0, 0.05) is 17.8 Å². The highest BCUT2D eigenvalue weighted by Gasteiger charge is 2.15. The summed E-state index contributed by atoms with van der Waals surface area (Å²) in [5.41, 5.74) is 0.483. The summed E-state index contributed by atoms with van der Waals surface area (Å²) in [6.07, 6.45) is 3.50. The summed E-state index contributed by atoms with van der Waals surface area (Å²) in [6, 6.07) is 1.60. The van der Waals surface area contributed by atoms with Crippen LogP contribution in [0.5, 0.6) is 0 Å². The third-order valence-corrected chi connectivity index (χ3v) is 2.38. The lowest BCUT2D eigenvalue weighted by Crippen LogP contribution is -2.15. The molecule has 3 N–H and O–H groups in total. The van der Waals surface area contributed by atoms with Crippen molar-refractivity contribution in [2.75, 3.05) is 11.9 Å². The first-order valence-electron chi connectivity index (χ1n) is 5.37. The van der Waals surface area contributed by atoms with E-state index in [1.807, 2.05) is 0 Å². The summed E-state index contributed by atoms with van der Waals surface area (Å²) in [7, 11) is 0. The quantitative estimate of drug-likeness (QED) is 0.730. The van der Waals surface area contributed by atoms with Crippen LogP contribution in [0.1, 0.15) is 10.4 Å². The first-order chi connectivity index (χ1) is 9.13. The zero-order chi connectivity index (χ0) is 13.8. The molecule has 0 aliphatic carbocycles. The molecule has 7 heteroatoms. The molecule has 0 bridgehead atoms. The molecular formula is C12H11N3O4. The van der Waals surface area contributed by atoms with Crippen LogP contribution in [0.4, 0.5) is 10.6 Å². The van der Waals surface area contributed by atoms with Crippen molar-refractivity contribution in [1.29, 1.82) is 0 Å². The van der Waals surface area contributed by atoms with Crippen LogP contribution in [0.3, 0.4) is 0 Å². The summed E-state index contributed by atoms with van der Waals surface area (Å²) in [6.45, 7) is 3.50. The zero-order valence-corrected chi connectivity index (χ0v) is 9.84. The molecule has 98 valence electrons. The first kappa shape index (κ1) is 12.6. The minimum Gasteiger partial charge on any atom is -0.478 e. The predicted octanol–water partition coefficient (Wildman–Crippen LogP) is 2.00. The van der Waals surface area contributed by atoms with Crippen LogP contribution >= 0.6 is 0 Å². The van der Waals surface area contributed by atoms with Crippen molar-refractivity contribution in [3.8, 4) is 0 Å². The van der Waals surface area contributed by atoms with Crippen LogP contribution in [0, 0.1) is 0 Å². The molecule has 0 spiro atoms. The number of aromatic amines is 1. The summed E-state index contributed by atoms with van der Waals surface area (Å²) < 4.78 is 4.76. The second-order valence-electron chi connectivity index (χ2n) is 3.60. The van der Waals surface area contributed by atoms with Crippen molar-refractivity contribution in [3.05, 3.63) is 36.7 Å². The second kappa shape index (κ2) is 5.21. The van der Waals surface area contributed by atoms with E-state index in [0.29, 0.717) is 10.9 Å². The lowest BCUT2D eigenvalue weighted by Gasteiger charge is -2.06. The summed E-state index contributed by atoms with van der Waals surface area (Å²) in [5, 5.41) is 11.9. The average Bonchev–Trinajstić information content (AvgIpc) is 2.85. The van der Waals surface area contributed by atoms with Gasteiger partial charge in [0.2, 0.25) is 0 Å². The van der Waals surface area contributed by atoms with Crippen molar-refractivity contribution in [1.82, 2.24) is 9.97 Å². The molecule has 19 heavy (non-hydrogen) atoms. The normalized spacial score (nSPS) is 10.1. The Morgan fingerprint density at radius 2 is 2.37 bits per heavy atom. The Hall–Kier alpha value is -2.83. The number of aromatic nitrogens is 2. The van der Waals surface area contributed by atoms with E-state index in [1.54, 1.807) is 12.3 Å². The van der Waals surface area contributed by atoms with Crippen molar-refractivity contribution in [2.45, 2.75) is 0 Å². The third kappa shape index (κ3) is 2.54. The van der Waals surface area contributed by atoms with Gasteiger partial charge in [0.25, 0.3) is 0 Å². The van der Waals surface area contributed by atoms with Crippen molar-refractivity contribution in [3.63, 3.8) is 0 Å². The SMILES string of the molecule is C=CCOC(=O)Nc1ncc(C(=O)O)c2cc[nH]c12. The number of nitrogens with zero attached hydrogens (tertiary/aromatic N) is 1. The topological polar surface area (TPSA) is 104 Å². The molecule has 0 fully saturated rings. The predicted molar refractivity (Wildman–Crippen MR) is 68.2 cm³/mol. The number of anilines is 1. The number of hydrogen-bond donors (Lipinski definition) is 3. The molecular weight excluding hydrogens is 250 g/mol. The van der Waals surface area contributed by atoms with E-state index in [-0.39, 0.29) is 18.0 Å². The van der Waals surface area contributed by atoms with Gasteiger partial charge in [0.15, 0.2) is 5.82 Å². The van der Waals surface area contributed by atoms with Gasteiger partial charge in [-0.05, 0) is 6.07 Å². The number of carboxylic acid groups (broad SMARTS) is 1. The van der Waals surface area contributed by atoms with Crippen LogP contribution in [-0.2, 0) is 4.74 Å². The molecule has 2 rings (SSSR count). The molecule has 7 nitrogen and oxygen atoms in total. The van der Waals surface area contributed by atoms with Crippen LogP contribution in [0.25, 0.3) is 10.9 Å². The number of ether oxygens (including phenoxy) is 1. The Morgan fingerprint density at radius 1 is 1.58 bits per heavy atom. The third-order valence-electron chi connectivity index (χ3n) is 2.38. The van der Waals surface area contributed by atoms with E-state index in [2.05, 4.69) is 21.9 Å². The molecule has 0 aliphatic heterocycles. The largest absolute Gasteiger partial charge is 0.478 e. The van der Waals surface area contributed by atoms with E-state index in [9.17, 15) is 9.59 Å². The minimum absolute atomic E-state index is 0.0567. The number of fused-ring (bicyclic) bond motifs is 1. The van der Waals surface area contributed by atoms with Gasteiger partial charge in [0.05, 0.1) is 11.1 Å². The van der Waals surface area contributed by atoms with Crippen LogP contribution in [-0.4, -0.2) is 33.7 Å². The molecule has 2 aromatic rings. The molecule has 2 aromatic heterocycles. The fourth-order valence-corrected chi connectivity index (χ4v) is 1.59. The lowest BCUT2D eigenvalue weighted by atomic mass is 10.2. The molecule has 0 atom stereocenters. The van der Waals surface area contributed by atoms with Gasteiger partial charge in [-0.2, -0.15) is 0 Å². The maximum atomic E-state index is 11.4. The molecule has 0 saturated heterocycles. The number of nitrogens with one attached hydrogen (secondary N) is 2. The maximum Gasteiger partial charge on any atom is 0.413 e. The first-order valence-corrected chi connectivity index (χ1v) is 5.37. The van der Waals surface area contributed by atoms with Crippen molar-refractivity contribution >= 4 is 28.8 Å². The highest BCUT2D eigenvalue weighted by molar-refractivity contribution is 6.06. The number of aromatic carboxylic acids is 1. The van der Waals surface area contributed by atoms with Crippen LogP contribution in [0.2, 0.25) is 0 Å². The van der Waals surface area contributed by atoms with E-state index in [4.69, 9.17) is 9.84 Å². The lowest BCUT2D eigenvalue weighted by molar-refractivity contribution is 0.0698. The summed E-state index contributed by atoms with van der Waals surface area (Å²) >= 11 is 0. The maximum absolute atomic E-state index is 11.4. The summed E-state index contributed by atoms with van der Waals surface area (Å²) in [5.74, 6) is -0.878. The number of carboxylic acids is 1. The van der Waals surface area contributed by atoms with E-state index in [1.165, 1.54) is 12.3 Å². The van der Waals surface area contributed by atoms with Crippen molar-refractivity contribution < 1.29 is 19.4 Å². The second-order valence-corrected chi connectivity index (χ2v) is 3.60. The molecule has 1 amide bonds. The number of hydrogen-bond acceptors (Lipinski definition) is 4. The van der Waals surface area contributed by atoms with E-state index in [0.717, 1.165) is 0 Å². The van der Waals surface area contributed by atoms with E-state index < -0.39 is 12.1 Å². The van der Waals surface area contributed by atoms with Gasteiger partial charge in [-0.3, -0.25) is 5.32 Å². The molecule has 0 saturated carbocycles. The molecule has 0 aromatic carbocycles. The van der Waals surface area contributed by atoms with Gasteiger partial charge in [-0.1, -0.05) is 12.7 Å². The Bertz CT molecular complexity index is 647. The Labute approximate surface area is 107 Å². The van der Waals surface area contributed by atoms with Gasteiger partial charge < -0.3 is 14.8 Å². The Kier molecular flexibility index (Phi) is 3.46. The molecule has 0 unspecified atom stereocenters. The number of pyridine rings is 1. The van der Waals surface area contributed by atoms with Crippen LogP contribution in [0.15, 0.2) is 31.1 Å². The standard InChI is InChI=1S/C12H11N3O4/c1-2-5-19-12(18)15-10-9-7(3-4-13-9)8(6-14-10)11(16)17/h2-4,6,13H,1,5H2,(H,16,17)(H,14,15,18). The zero-order valence-electron chi connectivity index (χ0n) is 9.84. The number of amides is 1. The van der Waals surface area contributed by atoms with Gasteiger partial charge >= 0.3 is 12.1 Å². The Morgan fingerprint density at radius 3 is 3.05 bits per heavy atom. The fourth-order valence-electron chi connectivity index (χ4n) is 1.59. The number of carbonyl (C=O) groups is 2. The minimum atomic E-state index is -1.09. The highest BCUT2D eigenvalue weighted by Crippen LogP contribution is 2.23. The highest BCUT2D eigenvalue weighted by atomic mass is 16.5. The van der Waals surface area contributed by atoms with Crippen molar-refractivity contribution in [2.24, 2.45) is 0 Å². The van der Waals surface area contributed by atoms with Crippen LogP contribution < -0.4 is 5.32 Å². The monoisotopic (exact) mass is 261 g/mol. The number of H-pyrrole nitrogens is 1. The summed E-state index contributed by atoms with van der Waals surface area (Å²) in [4.78, 5) is 29.1. The smallest absolute Gasteiger partial charge is 0.413 e. The van der Waals surface area contributed by atoms with E-state index >= 15 is 0 Å². The Balaban J connectivity index is 2.32.